The van der Waals surface area contributed by atoms with E-state index in [1.165, 1.54) is 30.5 Å². The molecule has 1 saturated carbocycles. The van der Waals surface area contributed by atoms with Gasteiger partial charge < -0.3 is 4.90 Å². The van der Waals surface area contributed by atoms with Crippen LogP contribution in [-0.2, 0) is 19.1 Å². The number of benzene rings is 1. The van der Waals surface area contributed by atoms with Gasteiger partial charge in [0.2, 0.25) is 0 Å². The van der Waals surface area contributed by atoms with Crippen LogP contribution < -0.4 is 4.90 Å². The third-order valence-corrected chi connectivity index (χ3v) is 5.52. The van der Waals surface area contributed by atoms with Crippen LogP contribution in [0, 0.1) is 6.92 Å². The number of pyridine rings is 1. The highest BCUT2D eigenvalue weighted by Gasteiger charge is 2.32. The lowest BCUT2D eigenvalue weighted by Crippen LogP contribution is -2.32. The third-order valence-electron chi connectivity index (χ3n) is 5.52. The predicted molar refractivity (Wildman–Crippen MR) is 100 cm³/mol. The maximum Gasteiger partial charge on any atom is 0.416 e. The van der Waals surface area contributed by atoms with E-state index < -0.39 is 11.7 Å². The summed E-state index contributed by atoms with van der Waals surface area (Å²) < 4.78 is 39.7. The summed E-state index contributed by atoms with van der Waals surface area (Å²) in [5, 5.41) is 0.440. The second-order valence-electron chi connectivity index (χ2n) is 7.64. The summed E-state index contributed by atoms with van der Waals surface area (Å²) in [6.07, 6.45) is 0.754. The lowest BCUT2D eigenvalue weighted by atomic mass is 10.0. The molecule has 0 unspecified atom stereocenters. The first-order valence-corrected chi connectivity index (χ1v) is 9.47. The molecular formula is C21H19F3N4. The Hall–Kier alpha value is -2.70. The van der Waals surface area contributed by atoms with Crippen LogP contribution in [0.2, 0.25) is 0 Å². The average Bonchev–Trinajstić information content (AvgIpc) is 3.50. The molecule has 4 nitrogen and oxygen atoms in total. The fourth-order valence-corrected chi connectivity index (χ4v) is 3.91. The molecular weight excluding hydrogens is 365 g/mol. The first kappa shape index (κ1) is 17.4. The largest absolute Gasteiger partial charge is 0.416 e. The van der Waals surface area contributed by atoms with Crippen molar-refractivity contribution in [1.82, 2.24) is 15.0 Å². The standard InChI is InChI=1S/C21H19F3N4/c1-12-26-19-5-4-16(21(22,23)24)9-17(19)20(27-12)28-7-6-18-15(11-28)8-14(10-25-18)13-2-3-13/h4-5,8-10,13H,2-3,6-7,11H2,1H3. The summed E-state index contributed by atoms with van der Waals surface area (Å²) >= 11 is 0. The molecule has 0 atom stereocenters. The van der Waals surface area contributed by atoms with Gasteiger partial charge in [0.05, 0.1) is 11.1 Å². The molecule has 3 heterocycles. The second-order valence-corrected chi connectivity index (χ2v) is 7.64. The van der Waals surface area contributed by atoms with Crippen LogP contribution >= 0.6 is 0 Å². The van der Waals surface area contributed by atoms with Crippen molar-refractivity contribution < 1.29 is 13.2 Å². The van der Waals surface area contributed by atoms with Crippen molar-refractivity contribution in [2.45, 2.75) is 44.8 Å². The summed E-state index contributed by atoms with van der Waals surface area (Å²) in [5.74, 6) is 1.73. The van der Waals surface area contributed by atoms with Gasteiger partial charge in [0, 0.05) is 36.8 Å². The smallest absolute Gasteiger partial charge is 0.351 e. The third kappa shape index (κ3) is 3.08. The van der Waals surface area contributed by atoms with Gasteiger partial charge in [-0.1, -0.05) is 6.07 Å². The summed E-state index contributed by atoms with van der Waals surface area (Å²) in [6.45, 7) is 3.04. The minimum Gasteiger partial charge on any atom is -0.351 e. The molecule has 28 heavy (non-hydrogen) atoms. The van der Waals surface area contributed by atoms with E-state index in [4.69, 9.17) is 0 Å². The highest BCUT2D eigenvalue weighted by molar-refractivity contribution is 5.90. The van der Waals surface area contributed by atoms with E-state index in [2.05, 4.69) is 25.9 Å². The molecule has 2 aromatic heterocycles. The Kier molecular flexibility index (Phi) is 3.82. The number of hydrogen-bond acceptors (Lipinski definition) is 4. The summed E-state index contributed by atoms with van der Waals surface area (Å²) in [6, 6.07) is 5.89. The van der Waals surface area contributed by atoms with E-state index in [0.717, 1.165) is 23.7 Å². The zero-order chi connectivity index (χ0) is 19.5. The van der Waals surface area contributed by atoms with E-state index >= 15 is 0 Å². The fourth-order valence-electron chi connectivity index (χ4n) is 3.91. The van der Waals surface area contributed by atoms with Crippen LogP contribution in [0.15, 0.2) is 30.5 Å². The van der Waals surface area contributed by atoms with Crippen LogP contribution in [0.3, 0.4) is 0 Å². The Bertz CT molecular complexity index is 1070. The summed E-state index contributed by atoms with van der Waals surface area (Å²) in [4.78, 5) is 15.5. The van der Waals surface area contributed by atoms with Crippen LogP contribution in [0.4, 0.5) is 19.0 Å². The quantitative estimate of drug-likeness (QED) is 0.637. The molecule has 0 saturated heterocycles. The van der Waals surface area contributed by atoms with Gasteiger partial charge in [-0.05, 0) is 55.0 Å². The number of hydrogen-bond donors (Lipinski definition) is 0. The van der Waals surface area contributed by atoms with Crippen LogP contribution in [-0.4, -0.2) is 21.5 Å². The maximum atomic E-state index is 13.2. The van der Waals surface area contributed by atoms with Crippen molar-refractivity contribution in [2.24, 2.45) is 0 Å². The van der Waals surface area contributed by atoms with E-state index in [9.17, 15) is 13.2 Å². The van der Waals surface area contributed by atoms with Crippen molar-refractivity contribution >= 4 is 16.7 Å². The van der Waals surface area contributed by atoms with Crippen molar-refractivity contribution in [1.29, 1.82) is 0 Å². The molecule has 1 aliphatic heterocycles. The molecule has 1 fully saturated rings. The highest BCUT2D eigenvalue weighted by Crippen LogP contribution is 2.41. The molecule has 0 spiro atoms. The topological polar surface area (TPSA) is 41.9 Å². The average molecular weight is 384 g/mol. The second kappa shape index (κ2) is 6.15. The Morgan fingerprint density at radius 2 is 1.93 bits per heavy atom. The van der Waals surface area contributed by atoms with Gasteiger partial charge in [-0.3, -0.25) is 4.98 Å². The van der Waals surface area contributed by atoms with Crippen molar-refractivity contribution in [3.8, 4) is 0 Å². The van der Waals surface area contributed by atoms with Gasteiger partial charge in [0.1, 0.15) is 11.6 Å². The molecule has 1 aromatic carbocycles. The summed E-state index contributed by atoms with van der Waals surface area (Å²) in [5.41, 5.74) is 3.34. The molecule has 2 aliphatic rings. The highest BCUT2D eigenvalue weighted by atomic mass is 19.4. The molecule has 0 N–H and O–H groups in total. The molecule has 1 aliphatic carbocycles. The maximum absolute atomic E-state index is 13.2. The van der Waals surface area contributed by atoms with Crippen molar-refractivity contribution in [3.63, 3.8) is 0 Å². The Labute approximate surface area is 160 Å². The van der Waals surface area contributed by atoms with E-state index in [-0.39, 0.29) is 0 Å². The van der Waals surface area contributed by atoms with Crippen molar-refractivity contribution in [2.75, 3.05) is 11.4 Å². The molecule has 5 rings (SSSR count). The Balaban J connectivity index is 1.57. The minimum absolute atomic E-state index is 0.440. The monoisotopic (exact) mass is 384 g/mol. The number of aromatic nitrogens is 3. The lowest BCUT2D eigenvalue weighted by Gasteiger charge is -2.30. The van der Waals surface area contributed by atoms with E-state index in [0.29, 0.717) is 41.6 Å². The first-order valence-electron chi connectivity index (χ1n) is 9.47. The van der Waals surface area contributed by atoms with Crippen LogP contribution in [0.25, 0.3) is 10.9 Å². The van der Waals surface area contributed by atoms with Crippen molar-refractivity contribution in [3.05, 3.63) is 58.7 Å². The van der Waals surface area contributed by atoms with Gasteiger partial charge in [-0.2, -0.15) is 13.2 Å². The molecule has 0 bridgehead atoms. The molecule has 0 radical (unpaired) electrons. The Morgan fingerprint density at radius 3 is 2.68 bits per heavy atom. The lowest BCUT2D eigenvalue weighted by molar-refractivity contribution is -0.137. The van der Waals surface area contributed by atoms with Gasteiger partial charge in [-0.15, -0.1) is 0 Å². The van der Waals surface area contributed by atoms with E-state index in [1.807, 2.05) is 6.20 Å². The number of halogens is 3. The number of aryl methyl sites for hydroxylation is 1. The number of nitrogens with zero attached hydrogens (tertiary/aromatic N) is 4. The first-order chi connectivity index (χ1) is 13.4. The number of alkyl halides is 3. The molecule has 7 heteroatoms. The van der Waals surface area contributed by atoms with Gasteiger partial charge in [0.25, 0.3) is 0 Å². The van der Waals surface area contributed by atoms with E-state index in [1.54, 1.807) is 6.92 Å². The van der Waals surface area contributed by atoms with Gasteiger partial charge in [-0.25, -0.2) is 9.97 Å². The zero-order valence-electron chi connectivity index (χ0n) is 15.4. The normalized spacial score (nSPS) is 17.1. The fraction of sp³-hybridized carbons (Fsp3) is 0.381. The zero-order valence-corrected chi connectivity index (χ0v) is 15.4. The van der Waals surface area contributed by atoms with Gasteiger partial charge >= 0.3 is 6.18 Å². The number of anilines is 1. The minimum atomic E-state index is -4.39. The predicted octanol–water partition coefficient (Wildman–Crippen LogP) is 4.79. The number of fused-ring (bicyclic) bond motifs is 2. The SMILES string of the molecule is Cc1nc(N2CCc3ncc(C4CC4)cc3C2)c2cc(C(F)(F)F)ccc2n1. The van der Waals surface area contributed by atoms with Gasteiger partial charge in [0.15, 0.2) is 0 Å². The number of rotatable bonds is 2. The molecule has 3 aromatic rings. The molecule has 144 valence electrons. The van der Waals surface area contributed by atoms with Crippen LogP contribution in [0.5, 0.6) is 0 Å². The summed E-state index contributed by atoms with van der Waals surface area (Å²) in [7, 11) is 0. The Morgan fingerprint density at radius 1 is 1.11 bits per heavy atom. The van der Waals surface area contributed by atoms with Crippen LogP contribution in [0.1, 0.15) is 47.0 Å². The molecule has 0 amide bonds.